The van der Waals surface area contributed by atoms with Crippen LogP contribution in [0.25, 0.3) is 0 Å². The Morgan fingerprint density at radius 1 is 1.19 bits per heavy atom. The summed E-state index contributed by atoms with van der Waals surface area (Å²) in [4.78, 5) is 12.2. The molecule has 3 rings (SSSR count). The van der Waals surface area contributed by atoms with Gasteiger partial charge in [-0.1, -0.05) is 22.0 Å². The van der Waals surface area contributed by atoms with Gasteiger partial charge >= 0.3 is 0 Å². The Balaban J connectivity index is 1.83. The third-order valence-corrected chi connectivity index (χ3v) is 4.05. The number of phenols is 1. The summed E-state index contributed by atoms with van der Waals surface area (Å²) in [6.07, 6.45) is 1.01. The molecule has 4 nitrogen and oxygen atoms in total. The summed E-state index contributed by atoms with van der Waals surface area (Å²) in [6, 6.07) is 10.7. The van der Waals surface area contributed by atoms with Crippen LogP contribution in [0.5, 0.6) is 5.75 Å². The van der Waals surface area contributed by atoms with E-state index in [1.807, 2.05) is 18.2 Å². The van der Waals surface area contributed by atoms with Crippen molar-refractivity contribution >= 4 is 27.5 Å². The number of carbonyl (C=O) groups excluding carboxylic acids is 1. The highest BCUT2D eigenvalue weighted by Crippen LogP contribution is 2.24. The van der Waals surface area contributed by atoms with E-state index in [2.05, 4.69) is 26.6 Å². The number of hydrogen-bond donors (Lipinski definition) is 3. The number of fused-ring (bicyclic) bond motifs is 1. The number of nitrogens with one attached hydrogen (secondary N) is 2. The number of benzene rings is 2. The molecule has 5 heteroatoms. The van der Waals surface area contributed by atoms with Crippen molar-refractivity contribution in [3.63, 3.8) is 0 Å². The Labute approximate surface area is 131 Å². The number of rotatable bonds is 2. The van der Waals surface area contributed by atoms with Gasteiger partial charge in [0.05, 0.1) is 5.56 Å². The number of carbonyl (C=O) groups is 1. The number of hydrogen-bond acceptors (Lipinski definition) is 3. The molecule has 1 aliphatic heterocycles. The van der Waals surface area contributed by atoms with Gasteiger partial charge in [0.15, 0.2) is 0 Å². The minimum absolute atomic E-state index is 0.0321. The first kappa shape index (κ1) is 14.1. The fourth-order valence-electron chi connectivity index (χ4n) is 2.45. The van der Waals surface area contributed by atoms with Crippen molar-refractivity contribution in [2.75, 3.05) is 11.9 Å². The molecule has 0 bridgehead atoms. The molecule has 1 aliphatic rings. The maximum Gasteiger partial charge on any atom is 0.259 e. The maximum atomic E-state index is 12.2. The van der Waals surface area contributed by atoms with Gasteiger partial charge in [-0.2, -0.15) is 0 Å². The van der Waals surface area contributed by atoms with Crippen molar-refractivity contribution in [2.45, 2.75) is 13.0 Å². The number of amides is 1. The van der Waals surface area contributed by atoms with Crippen LogP contribution in [0.4, 0.5) is 5.69 Å². The minimum atomic E-state index is -0.322. The van der Waals surface area contributed by atoms with Crippen LogP contribution in [-0.4, -0.2) is 17.6 Å². The first-order valence-electron chi connectivity index (χ1n) is 6.76. The highest BCUT2D eigenvalue weighted by Gasteiger charge is 2.14. The average molecular weight is 347 g/mol. The Hall–Kier alpha value is -1.85. The molecule has 1 amide bonds. The minimum Gasteiger partial charge on any atom is -0.507 e. The molecule has 0 fully saturated rings. The molecule has 0 saturated heterocycles. The van der Waals surface area contributed by atoms with Crippen LogP contribution in [-0.2, 0) is 13.0 Å². The van der Waals surface area contributed by atoms with E-state index >= 15 is 0 Å². The van der Waals surface area contributed by atoms with E-state index in [4.69, 9.17) is 0 Å². The molecule has 0 unspecified atom stereocenters. The average Bonchev–Trinajstić information content (AvgIpc) is 2.49. The summed E-state index contributed by atoms with van der Waals surface area (Å²) in [5.41, 5.74) is 3.51. The second kappa shape index (κ2) is 5.87. The van der Waals surface area contributed by atoms with Crippen molar-refractivity contribution in [3.8, 4) is 5.75 Å². The molecule has 3 N–H and O–H groups in total. The molecular formula is C16H15BrN2O2. The fourth-order valence-corrected chi connectivity index (χ4v) is 2.81. The van der Waals surface area contributed by atoms with E-state index in [1.165, 1.54) is 17.2 Å². The lowest BCUT2D eigenvalue weighted by molar-refractivity contribution is 0.102. The van der Waals surface area contributed by atoms with Gasteiger partial charge in [0.2, 0.25) is 0 Å². The van der Waals surface area contributed by atoms with Gasteiger partial charge in [0.25, 0.3) is 5.91 Å². The van der Waals surface area contributed by atoms with Crippen molar-refractivity contribution < 1.29 is 9.90 Å². The van der Waals surface area contributed by atoms with Gasteiger partial charge in [0, 0.05) is 16.7 Å². The highest BCUT2D eigenvalue weighted by molar-refractivity contribution is 9.10. The normalized spacial score (nSPS) is 13.6. The van der Waals surface area contributed by atoms with Gasteiger partial charge in [0.1, 0.15) is 5.75 Å². The third kappa shape index (κ3) is 3.09. The standard InChI is InChI=1S/C16H15BrN2O2/c17-12-2-4-15(20)14(8-12)16(21)19-13-3-1-10-5-6-18-9-11(10)7-13/h1-4,7-8,18,20H,5-6,9H2,(H,19,21). The van der Waals surface area contributed by atoms with Gasteiger partial charge < -0.3 is 15.7 Å². The van der Waals surface area contributed by atoms with E-state index in [1.54, 1.807) is 12.1 Å². The summed E-state index contributed by atoms with van der Waals surface area (Å²) in [5.74, 6) is -0.354. The smallest absolute Gasteiger partial charge is 0.259 e. The number of phenolic OH excluding ortho intramolecular Hbond substituents is 1. The zero-order valence-corrected chi connectivity index (χ0v) is 12.9. The molecule has 0 radical (unpaired) electrons. The van der Waals surface area contributed by atoms with Crippen LogP contribution in [0, 0.1) is 0 Å². The molecule has 0 aromatic heterocycles. The molecular weight excluding hydrogens is 332 g/mol. The quantitative estimate of drug-likeness (QED) is 0.783. The summed E-state index contributed by atoms with van der Waals surface area (Å²) in [5, 5.41) is 15.9. The molecule has 108 valence electrons. The molecule has 2 aromatic carbocycles. The Morgan fingerprint density at radius 2 is 2.05 bits per heavy atom. The lowest BCUT2D eigenvalue weighted by Gasteiger charge is -2.18. The molecule has 0 aliphatic carbocycles. The number of halogens is 1. The van der Waals surface area contributed by atoms with Gasteiger partial charge in [-0.05, 0) is 54.4 Å². The third-order valence-electron chi connectivity index (χ3n) is 3.55. The lowest BCUT2D eigenvalue weighted by atomic mass is 10.0. The first-order valence-corrected chi connectivity index (χ1v) is 7.55. The van der Waals surface area contributed by atoms with Crippen LogP contribution in [0.2, 0.25) is 0 Å². The topological polar surface area (TPSA) is 61.4 Å². The maximum absolute atomic E-state index is 12.2. The van der Waals surface area contributed by atoms with Crippen LogP contribution in [0.3, 0.4) is 0 Å². The van der Waals surface area contributed by atoms with Gasteiger partial charge in [-0.3, -0.25) is 4.79 Å². The summed E-state index contributed by atoms with van der Waals surface area (Å²) in [6.45, 7) is 1.81. The molecule has 0 saturated carbocycles. The number of aromatic hydroxyl groups is 1. The van der Waals surface area contributed by atoms with E-state index in [0.29, 0.717) is 0 Å². The van der Waals surface area contributed by atoms with Gasteiger partial charge in [-0.15, -0.1) is 0 Å². The summed E-state index contributed by atoms with van der Waals surface area (Å²) < 4.78 is 0.750. The van der Waals surface area contributed by atoms with Crippen LogP contribution in [0.15, 0.2) is 40.9 Å². The Bertz CT molecular complexity index is 701. The van der Waals surface area contributed by atoms with Crippen molar-refractivity contribution in [2.24, 2.45) is 0 Å². The fraction of sp³-hybridized carbons (Fsp3) is 0.188. The molecule has 21 heavy (non-hydrogen) atoms. The first-order chi connectivity index (χ1) is 10.1. The lowest BCUT2D eigenvalue weighted by Crippen LogP contribution is -2.23. The zero-order valence-electron chi connectivity index (χ0n) is 11.3. The SMILES string of the molecule is O=C(Nc1ccc2c(c1)CNCC2)c1cc(Br)ccc1O. The summed E-state index contributed by atoms with van der Waals surface area (Å²) in [7, 11) is 0. The van der Waals surface area contributed by atoms with Crippen LogP contribution < -0.4 is 10.6 Å². The van der Waals surface area contributed by atoms with Crippen LogP contribution in [0.1, 0.15) is 21.5 Å². The van der Waals surface area contributed by atoms with Crippen LogP contribution >= 0.6 is 15.9 Å². The Morgan fingerprint density at radius 3 is 2.90 bits per heavy atom. The highest BCUT2D eigenvalue weighted by atomic mass is 79.9. The van der Waals surface area contributed by atoms with E-state index in [9.17, 15) is 9.90 Å². The monoisotopic (exact) mass is 346 g/mol. The van der Waals surface area contributed by atoms with E-state index < -0.39 is 0 Å². The zero-order chi connectivity index (χ0) is 14.8. The Kier molecular flexibility index (Phi) is 3.94. The molecule has 0 atom stereocenters. The molecule has 1 heterocycles. The summed E-state index contributed by atoms with van der Waals surface area (Å²) >= 11 is 3.30. The second-order valence-corrected chi connectivity index (χ2v) is 5.94. The second-order valence-electron chi connectivity index (χ2n) is 5.03. The predicted octanol–water partition coefficient (Wildman–Crippen LogP) is 3.05. The van der Waals surface area contributed by atoms with E-state index in [0.717, 1.165) is 29.7 Å². The van der Waals surface area contributed by atoms with Crippen molar-refractivity contribution in [1.29, 1.82) is 0 Å². The van der Waals surface area contributed by atoms with Crippen molar-refractivity contribution in [1.82, 2.24) is 5.32 Å². The van der Waals surface area contributed by atoms with E-state index in [-0.39, 0.29) is 17.2 Å². The molecule has 0 spiro atoms. The van der Waals surface area contributed by atoms with Crippen molar-refractivity contribution in [3.05, 3.63) is 57.6 Å². The molecule has 2 aromatic rings. The van der Waals surface area contributed by atoms with Gasteiger partial charge in [-0.25, -0.2) is 0 Å². The predicted molar refractivity (Wildman–Crippen MR) is 85.6 cm³/mol. The number of anilines is 1. The largest absolute Gasteiger partial charge is 0.507 e.